The minimum Gasteiger partial charge on any atom is -0.384 e. The van der Waals surface area contributed by atoms with E-state index < -0.39 is 11.5 Å². The molecule has 3 aromatic rings. The van der Waals surface area contributed by atoms with Gasteiger partial charge in [0.1, 0.15) is 0 Å². The molecule has 2 atom stereocenters. The number of aliphatic hydroxyl groups is 1. The molecule has 0 bridgehead atoms. The summed E-state index contributed by atoms with van der Waals surface area (Å²) in [6.45, 7) is 4.13. The summed E-state index contributed by atoms with van der Waals surface area (Å²) >= 11 is 12.7. The summed E-state index contributed by atoms with van der Waals surface area (Å²) < 4.78 is 0. The van der Waals surface area contributed by atoms with Gasteiger partial charge < -0.3 is 15.7 Å². The standard InChI is InChI=1S/C27H26Cl2N4O2/c1-27(35,21-4-2-3-18(13-21)15-30)17-32-11-12-33(24-10-7-20(26(31)34)14-23(24)29)25(16-32)19-5-8-22(28)9-6-19/h2-10,13-14,25,35H,11-12,16-17H2,1H3,(H2,31,34)/t25-,27+/m0/s1. The molecule has 1 fully saturated rings. The number of nitrogens with two attached hydrogens (primary N) is 1. The first-order valence-corrected chi connectivity index (χ1v) is 12.0. The van der Waals surface area contributed by atoms with Crippen LogP contribution in [0.2, 0.25) is 10.0 Å². The lowest BCUT2D eigenvalue weighted by Gasteiger charge is -2.45. The maximum absolute atomic E-state index is 11.6. The van der Waals surface area contributed by atoms with Crippen molar-refractivity contribution in [3.05, 3.63) is 99.0 Å². The molecule has 0 unspecified atom stereocenters. The number of hydrogen-bond donors (Lipinski definition) is 2. The van der Waals surface area contributed by atoms with Gasteiger partial charge in [0.15, 0.2) is 0 Å². The van der Waals surface area contributed by atoms with Crippen molar-refractivity contribution in [3.8, 4) is 6.07 Å². The Balaban J connectivity index is 1.63. The minimum atomic E-state index is -1.14. The molecule has 3 aromatic carbocycles. The number of hydrogen-bond acceptors (Lipinski definition) is 5. The number of piperazine rings is 1. The zero-order chi connectivity index (χ0) is 25.2. The Morgan fingerprint density at radius 2 is 1.89 bits per heavy atom. The maximum atomic E-state index is 11.6. The van der Waals surface area contributed by atoms with E-state index in [1.54, 1.807) is 37.3 Å². The normalized spacial score (nSPS) is 18.0. The molecule has 1 saturated heterocycles. The molecule has 6 nitrogen and oxygen atoms in total. The highest BCUT2D eigenvalue weighted by molar-refractivity contribution is 6.33. The molecule has 35 heavy (non-hydrogen) atoms. The van der Waals surface area contributed by atoms with Crippen LogP contribution in [-0.4, -0.2) is 42.1 Å². The van der Waals surface area contributed by atoms with Crippen LogP contribution in [0.5, 0.6) is 0 Å². The Bertz CT molecular complexity index is 1270. The fourth-order valence-electron chi connectivity index (χ4n) is 4.59. The van der Waals surface area contributed by atoms with Crippen LogP contribution in [0.3, 0.4) is 0 Å². The summed E-state index contributed by atoms with van der Waals surface area (Å²) in [6, 6.07) is 21.9. The SMILES string of the molecule is C[C@@](O)(CN1CCN(c2ccc(C(N)=O)cc2Cl)[C@H](c2ccc(Cl)cc2)C1)c1cccc(C#N)c1. The Morgan fingerprint density at radius 1 is 1.14 bits per heavy atom. The first-order chi connectivity index (χ1) is 16.7. The molecule has 8 heteroatoms. The number of nitriles is 1. The van der Waals surface area contributed by atoms with E-state index in [1.807, 2.05) is 36.4 Å². The number of primary amides is 1. The number of benzene rings is 3. The van der Waals surface area contributed by atoms with Crippen molar-refractivity contribution in [2.45, 2.75) is 18.6 Å². The van der Waals surface area contributed by atoms with Crippen LogP contribution in [0.1, 0.15) is 40.0 Å². The second kappa shape index (κ2) is 10.3. The second-order valence-corrected chi connectivity index (χ2v) is 9.84. The first-order valence-electron chi connectivity index (χ1n) is 11.2. The Kier molecular flexibility index (Phi) is 7.34. The fourth-order valence-corrected chi connectivity index (χ4v) is 5.00. The van der Waals surface area contributed by atoms with E-state index in [-0.39, 0.29) is 6.04 Å². The summed E-state index contributed by atoms with van der Waals surface area (Å²) in [4.78, 5) is 16.0. The van der Waals surface area contributed by atoms with E-state index in [1.165, 1.54) is 0 Å². The molecule has 1 aliphatic rings. The van der Waals surface area contributed by atoms with Crippen molar-refractivity contribution in [1.82, 2.24) is 4.90 Å². The van der Waals surface area contributed by atoms with Crippen LogP contribution in [0.15, 0.2) is 66.7 Å². The zero-order valence-electron chi connectivity index (χ0n) is 19.3. The molecule has 4 rings (SSSR count). The van der Waals surface area contributed by atoms with Crippen molar-refractivity contribution in [2.24, 2.45) is 5.73 Å². The largest absolute Gasteiger partial charge is 0.384 e. The van der Waals surface area contributed by atoms with Crippen molar-refractivity contribution in [1.29, 1.82) is 5.26 Å². The van der Waals surface area contributed by atoms with Gasteiger partial charge in [-0.3, -0.25) is 9.69 Å². The summed E-state index contributed by atoms with van der Waals surface area (Å²) in [5, 5.41) is 21.7. The van der Waals surface area contributed by atoms with E-state index in [2.05, 4.69) is 15.9 Å². The van der Waals surface area contributed by atoms with Gasteiger partial charge in [0.2, 0.25) is 5.91 Å². The summed E-state index contributed by atoms with van der Waals surface area (Å²) in [7, 11) is 0. The van der Waals surface area contributed by atoms with Gasteiger partial charge in [-0.1, -0.05) is 47.5 Å². The maximum Gasteiger partial charge on any atom is 0.248 e. The summed E-state index contributed by atoms with van der Waals surface area (Å²) in [5.41, 5.74) is 7.72. The number of carbonyl (C=O) groups is 1. The van der Waals surface area contributed by atoms with Crippen LogP contribution in [-0.2, 0) is 5.60 Å². The average Bonchev–Trinajstić information content (AvgIpc) is 2.84. The topological polar surface area (TPSA) is 93.6 Å². The molecule has 0 aromatic heterocycles. The van der Waals surface area contributed by atoms with Gasteiger partial charge in [-0.25, -0.2) is 0 Å². The lowest BCUT2D eigenvalue weighted by Crippen LogP contribution is -2.52. The Morgan fingerprint density at radius 3 is 2.54 bits per heavy atom. The van der Waals surface area contributed by atoms with Crippen molar-refractivity contribution >= 4 is 34.8 Å². The number of halogens is 2. The van der Waals surface area contributed by atoms with E-state index in [0.717, 1.165) is 11.3 Å². The number of β-amino-alcohol motifs (C(OH)–C–C–N with tert-alkyl or cyclic N) is 1. The third-order valence-electron chi connectivity index (χ3n) is 6.41. The lowest BCUT2D eigenvalue weighted by atomic mass is 9.92. The van der Waals surface area contributed by atoms with E-state index >= 15 is 0 Å². The highest BCUT2D eigenvalue weighted by Gasteiger charge is 2.34. The zero-order valence-corrected chi connectivity index (χ0v) is 20.8. The van der Waals surface area contributed by atoms with Crippen LogP contribution < -0.4 is 10.6 Å². The van der Waals surface area contributed by atoms with Gasteiger partial charge in [0.25, 0.3) is 0 Å². The number of anilines is 1. The van der Waals surface area contributed by atoms with Gasteiger partial charge in [0.05, 0.1) is 34.0 Å². The third-order valence-corrected chi connectivity index (χ3v) is 6.96. The third kappa shape index (κ3) is 5.61. The molecular formula is C27H26Cl2N4O2. The molecule has 0 radical (unpaired) electrons. The predicted molar refractivity (Wildman–Crippen MR) is 139 cm³/mol. The van der Waals surface area contributed by atoms with Gasteiger partial charge >= 0.3 is 0 Å². The van der Waals surface area contributed by atoms with Crippen molar-refractivity contribution in [2.75, 3.05) is 31.1 Å². The molecule has 1 amide bonds. The average molecular weight is 509 g/mol. The highest BCUT2D eigenvalue weighted by Crippen LogP contribution is 2.37. The molecule has 0 aliphatic carbocycles. The highest BCUT2D eigenvalue weighted by atomic mass is 35.5. The Hall–Kier alpha value is -3.08. The molecule has 0 saturated carbocycles. The first kappa shape index (κ1) is 25.0. The van der Waals surface area contributed by atoms with Crippen LogP contribution in [0.25, 0.3) is 0 Å². The van der Waals surface area contributed by atoms with Gasteiger partial charge in [-0.2, -0.15) is 5.26 Å². The molecular weight excluding hydrogens is 483 g/mol. The van der Waals surface area contributed by atoms with Gasteiger partial charge in [0, 0.05) is 36.8 Å². The quantitative estimate of drug-likeness (QED) is 0.501. The van der Waals surface area contributed by atoms with Crippen molar-refractivity contribution in [3.63, 3.8) is 0 Å². The van der Waals surface area contributed by atoms with Crippen LogP contribution in [0, 0.1) is 11.3 Å². The fraction of sp³-hybridized carbons (Fsp3) is 0.259. The second-order valence-electron chi connectivity index (χ2n) is 8.99. The molecule has 0 spiro atoms. The smallest absolute Gasteiger partial charge is 0.248 e. The molecule has 3 N–H and O–H groups in total. The van der Waals surface area contributed by atoms with Crippen LogP contribution in [0.4, 0.5) is 5.69 Å². The lowest BCUT2D eigenvalue weighted by molar-refractivity contribution is 0.0103. The van der Waals surface area contributed by atoms with Crippen molar-refractivity contribution < 1.29 is 9.90 Å². The monoisotopic (exact) mass is 508 g/mol. The summed E-state index contributed by atoms with van der Waals surface area (Å²) in [6.07, 6.45) is 0. The van der Waals surface area contributed by atoms with Gasteiger partial charge in [-0.15, -0.1) is 0 Å². The molecule has 1 aliphatic heterocycles. The predicted octanol–water partition coefficient (Wildman–Crippen LogP) is 4.73. The minimum absolute atomic E-state index is 0.0702. The van der Waals surface area contributed by atoms with E-state index in [4.69, 9.17) is 28.9 Å². The molecule has 1 heterocycles. The van der Waals surface area contributed by atoms with E-state index in [9.17, 15) is 15.2 Å². The van der Waals surface area contributed by atoms with Crippen LogP contribution >= 0.6 is 23.2 Å². The number of nitrogens with zero attached hydrogens (tertiary/aromatic N) is 3. The van der Waals surface area contributed by atoms with E-state index in [0.29, 0.717) is 52.9 Å². The number of carbonyl (C=O) groups excluding carboxylic acids is 1. The molecule has 180 valence electrons. The Labute approximate surface area is 215 Å². The number of amides is 1. The van der Waals surface area contributed by atoms with Gasteiger partial charge in [-0.05, 0) is 60.5 Å². The summed E-state index contributed by atoms with van der Waals surface area (Å²) in [5.74, 6) is -0.528. The number of rotatable bonds is 6.